The van der Waals surface area contributed by atoms with E-state index in [4.69, 9.17) is 0 Å². The highest BCUT2D eigenvalue weighted by Gasteiger charge is 2.18. The van der Waals surface area contributed by atoms with Crippen LogP contribution in [-0.4, -0.2) is 15.0 Å². The van der Waals surface area contributed by atoms with Crippen molar-refractivity contribution < 1.29 is 0 Å². The van der Waals surface area contributed by atoms with E-state index < -0.39 is 0 Å². The van der Waals surface area contributed by atoms with Crippen molar-refractivity contribution in [2.24, 2.45) is 0 Å². The van der Waals surface area contributed by atoms with Gasteiger partial charge in [-0.05, 0) is 43.6 Å². The first kappa shape index (κ1) is 8.71. The first-order valence-corrected chi connectivity index (χ1v) is 4.30. The van der Waals surface area contributed by atoms with Gasteiger partial charge in [0.15, 0.2) is 0 Å². The smallest absolute Gasteiger partial charge is 0.127 e. The van der Waals surface area contributed by atoms with Crippen molar-refractivity contribution in [1.82, 2.24) is 15.0 Å². The van der Waals surface area contributed by atoms with Gasteiger partial charge in [-0.1, -0.05) is 5.21 Å². The maximum Gasteiger partial charge on any atom is 0.127 e. The van der Waals surface area contributed by atoms with Gasteiger partial charge in [0.05, 0.1) is 11.2 Å². The summed E-state index contributed by atoms with van der Waals surface area (Å²) in [5, 5.41) is 7.96. The van der Waals surface area contributed by atoms with E-state index in [0.29, 0.717) is 0 Å². The quantitative estimate of drug-likeness (QED) is 0.667. The van der Waals surface area contributed by atoms with Gasteiger partial charge in [0.2, 0.25) is 0 Å². The van der Waals surface area contributed by atoms with Crippen LogP contribution in [0.2, 0.25) is 0 Å². The molecular weight excluding hydrogens is 206 g/mol. The average molecular weight is 218 g/mol. The summed E-state index contributed by atoms with van der Waals surface area (Å²) in [7, 11) is 0. The molecule has 0 fully saturated rings. The van der Waals surface area contributed by atoms with Crippen LogP contribution in [0, 0.1) is 6.92 Å². The molecule has 0 saturated heterocycles. The number of aromatic nitrogens is 3. The Hall–Kier alpha value is -0.380. The van der Waals surface area contributed by atoms with Crippen molar-refractivity contribution in [3.8, 4) is 0 Å². The second-order valence-electron chi connectivity index (χ2n) is 3.55. The first-order chi connectivity index (χ1) is 4.93. The Kier molecular flexibility index (Phi) is 2.05. The van der Waals surface area contributed by atoms with E-state index in [1.165, 1.54) is 0 Å². The van der Waals surface area contributed by atoms with Crippen molar-refractivity contribution in [1.29, 1.82) is 0 Å². The van der Waals surface area contributed by atoms with Crippen LogP contribution < -0.4 is 0 Å². The molecule has 0 radical (unpaired) electrons. The molecule has 1 aromatic rings. The van der Waals surface area contributed by atoms with E-state index in [-0.39, 0.29) is 5.54 Å². The minimum Gasteiger partial charge on any atom is -0.233 e. The lowest BCUT2D eigenvalue weighted by Gasteiger charge is -2.19. The van der Waals surface area contributed by atoms with Crippen molar-refractivity contribution in [2.75, 3.05) is 0 Å². The van der Waals surface area contributed by atoms with Gasteiger partial charge in [-0.2, -0.15) is 0 Å². The predicted octanol–water partition coefficient (Wildman–Crippen LogP) is 2.10. The summed E-state index contributed by atoms with van der Waals surface area (Å²) in [5.74, 6) is 0. The lowest BCUT2D eigenvalue weighted by molar-refractivity contribution is 0.340. The van der Waals surface area contributed by atoms with Crippen LogP contribution in [0.4, 0.5) is 0 Å². The Morgan fingerprint density at radius 1 is 1.36 bits per heavy atom. The molecule has 0 N–H and O–H groups in total. The van der Waals surface area contributed by atoms with Gasteiger partial charge in [0.1, 0.15) is 4.60 Å². The molecule has 0 amide bonds. The highest BCUT2D eigenvalue weighted by atomic mass is 79.9. The van der Waals surface area contributed by atoms with Gasteiger partial charge in [0, 0.05) is 0 Å². The van der Waals surface area contributed by atoms with Gasteiger partial charge < -0.3 is 0 Å². The van der Waals surface area contributed by atoms with E-state index in [1.54, 1.807) is 0 Å². The molecule has 1 aromatic heterocycles. The maximum absolute atomic E-state index is 4.01. The molecule has 0 saturated carbocycles. The highest BCUT2D eigenvalue weighted by Crippen LogP contribution is 2.21. The SMILES string of the molecule is Cc1nnn(C(C)(C)C)c1Br. The lowest BCUT2D eigenvalue weighted by Crippen LogP contribution is -2.23. The van der Waals surface area contributed by atoms with E-state index in [9.17, 15) is 0 Å². The van der Waals surface area contributed by atoms with Crippen LogP contribution in [0.1, 0.15) is 26.5 Å². The Labute approximate surface area is 74.9 Å². The van der Waals surface area contributed by atoms with Crippen molar-refractivity contribution in [2.45, 2.75) is 33.2 Å². The molecule has 0 aliphatic carbocycles. The molecule has 1 heterocycles. The zero-order valence-corrected chi connectivity index (χ0v) is 8.81. The fraction of sp³-hybridized carbons (Fsp3) is 0.714. The predicted molar refractivity (Wildman–Crippen MR) is 47.5 cm³/mol. The molecule has 0 bridgehead atoms. The molecule has 0 atom stereocenters. The molecule has 0 spiro atoms. The number of aryl methyl sites for hydroxylation is 1. The van der Waals surface area contributed by atoms with Gasteiger partial charge in [-0.3, -0.25) is 0 Å². The summed E-state index contributed by atoms with van der Waals surface area (Å²) in [5.41, 5.74) is 0.931. The van der Waals surface area contributed by atoms with Crippen LogP contribution in [-0.2, 0) is 5.54 Å². The zero-order valence-electron chi connectivity index (χ0n) is 7.22. The Bertz CT molecular complexity index is 259. The molecule has 0 unspecified atom stereocenters. The van der Waals surface area contributed by atoms with E-state index in [0.717, 1.165) is 10.3 Å². The van der Waals surface area contributed by atoms with Gasteiger partial charge >= 0.3 is 0 Å². The van der Waals surface area contributed by atoms with Gasteiger partial charge in [-0.15, -0.1) is 5.10 Å². The molecule has 3 nitrogen and oxygen atoms in total. The molecule has 4 heteroatoms. The third-order valence-corrected chi connectivity index (χ3v) is 2.31. The highest BCUT2D eigenvalue weighted by molar-refractivity contribution is 9.10. The first-order valence-electron chi connectivity index (χ1n) is 3.51. The van der Waals surface area contributed by atoms with Crippen LogP contribution in [0.15, 0.2) is 4.60 Å². The molecule has 62 valence electrons. The summed E-state index contributed by atoms with van der Waals surface area (Å²) >= 11 is 3.42. The minimum atomic E-state index is 0.0000926. The average Bonchev–Trinajstić information content (AvgIpc) is 2.11. The molecule has 0 aromatic carbocycles. The van der Waals surface area contributed by atoms with E-state index in [2.05, 4.69) is 47.0 Å². The third kappa shape index (κ3) is 1.61. The normalized spacial score (nSPS) is 12.1. The number of hydrogen-bond donors (Lipinski definition) is 0. The summed E-state index contributed by atoms with van der Waals surface area (Å²) in [6, 6.07) is 0. The fourth-order valence-corrected chi connectivity index (χ4v) is 1.46. The molecule has 1 rings (SSSR count). The van der Waals surface area contributed by atoms with Crippen LogP contribution >= 0.6 is 15.9 Å². The Morgan fingerprint density at radius 3 is 2.09 bits per heavy atom. The number of hydrogen-bond acceptors (Lipinski definition) is 2. The summed E-state index contributed by atoms with van der Waals surface area (Å²) in [4.78, 5) is 0. The second-order valence-corrected chi connectivity index (χ2v) is 4.30. The van der Waals surface area contributed by atoms with Crippen LogP contribution in [0.3, 0.4) is 0 Å². The molecule has 0 aliphatic rings. The minimum absolute atomic E-state index is 0.0000926. The number of rotatable bonds is 0. The number of halogens is 1. The van der Waals surface area contributed by atoms with Crippen LogP contribution in [0.25, 0.3) is 0 Å². The van der Waals surface area contributed by atoms with Crippen molar-refractivity contribution >= 4 is 15.9 Å². The number of nitrogens with zero attached hydrogens (tertiary/aromatic N) is 3. The summed E-state index contributed by atoms with van der Waals surface area (Å²) in [6.07, 6.45) is 0. The molecule has 0 aliphatic heterocycles. The zero-order chi connectivity index (χ0) is 8.65. The van der Waals surface area contributed by atoms with Crippen molar-refractivity contribution in [3.63, 3.8) is 0 Å². The monoisotopic (exact) mass is 217 g/mol. The van der Waals surface area contributed by atoms with Gasteiger partial charge in [0.25, 0.3) is 0 Å². The van der Waals surface area contributed by atoms with E-state index in [1.807, 2.05) is 11.6 Å². The van der Waals surface area contributed by atoms with E-state index >= 15 is 0 Å². The largest absolute Gasteiger partial charge is 0.233 e. The van der Waals surface area contributed by atoms with Crippen molar-refractivity contribution in [3.05, 3.63) is 10.3 Å². The summed E-state index contributed by atoms with van der Waals surface area (Å²) in [6.45, 7) is 8.20. The third-order valence-electron chi connectivity index (χ3n) is 1.40. The van der Waals surface area contributed by atoms with Gasteiger partial charge in [-0.25, -0.2) is 4.68 Å². The lowest BCUT2D eigenvalue weighted by atomic mass is 10.1. The Balaban J connectivity index is 3.15. The molecular formula is C7H12BrN3. The standard InChI is InChI=1S/C7H12BrN3/c1-5-6(8)11(10-9-5)7(2,3)4/h1-4H3. The second kappa shape index (κ2) is 2.59. The summed E-state index contributed by atoms with van der Waals surface area (Å²) < 4.78 is 2.83. The maximum atomic E-state index is 4.01. The molecule has 11 heavy (non-hydrogen) atoms. The topological polar surface area (TPSA) is 30.7 Å². The Morgan fingerprint density at radius 2 is 1.91 bits per heavy atom. The fourth-order valence-electron chi connectivity index (χ4n) is 0.774. The van der Waals surface area contributed by atoms with Crippen LogP contribution in [0.5, 0.6) is 0 Å².